The van der Waals surface area contributed by atoms with Crippen molar-refractivity contribution >= 4 is 12.4 Å². The Kier molecular flexibility index (Phi) is 4.43. The smallest absolute Gasteiger partial charge is 0.118 e. The first kappa shape index (κ1) is 12.3. The van der Waals surface area contributed by atoms with Crippen molar-refractivity contribution in [1.82, 2.24) is 0 Å². The molecule has 3 heteroatoms. The minimum absolute atomic E-state index is 0. The van der Waals surface area contributed by atoms with E-state index in [9.17, 15) is 0 Å². The first-order valence-electron chi connectivity index (χ1n) is 5.19. The summed E-state index contributed by atoms with van der Waals surface area (Å²) in [7, 11) is 1.69. The van der Waals surface area contributed by atoms with E-state index in [1.165, 1.54) is 12.0 Å². The van der Waals surface area contributed by atoms with Crippen molar-refractivity contribution < 1.29 is 4.74 Å². The second-order valence-electron chi connectivity index (χ2n) is 4.04. The van der Waals surface area contributed by atoms with Crippen molar-refractivity contribution in [2.24, 2.45) is 5.73 Å². The Bertz CT molecular complexity index is 299. The molecule has 0 spiro atoms. The van der Waals surface area contributed by atoms with Crippen molar-refractivity contribution in [1.29, 1.82) is 0 Å². The van der Waals surface area contributed by atoms with Gasteiger partial charge in [-0.2, -0.15) is 0 Å². The Balaban J connectivity index is 0.00000112. The van der Waals surface area contributed by atoms with Crippen molar-refractivity contribution in [2.75, 3.05) is 7.11 Å². The van der Waals surface area contributed by atoms with Crippen molar-refractivity contribution in [2.45, 2.75) is 31.2 Å². The van der Waals surface area contributed by atoms with Crippen LogP contribution in [0.25, 0.3) is 0 Å². The Hall–Kier alpha value is -0.730. The molecule has 0 bridgehead atoms. The molecule has 1 aromatic rings. The number of hydrogen-bond donors (Lipinski definition) is 1. The highest BCUT2D eigenvalue weighted by Crippen LogP contribution is 2.33. The van der Waals surface area contributed by atoms with Gasteiger partial charge in [-0.05, 0) is 42.9 Å². The quantitative estimate of drug-likeness (QED) is 0.843. The molecule has 2 nitrogen and oxygen atoms in total. The van der Waals surface area contributed by atoms with Crippen LogP contribution in [0.3, 0.4) is 0 Å². The maximum atomic E-state index is 5.89. The van der Waals surface area contributed by atoms with Crippen LogP contribution in [0.15, 0.2) is 24.3 Å². The van der Waals surface area contributed by atoms with Crippen LogP contribution in [-0.4, -0.2) is 13.2 Å². The van der Waals surface area contributed by atoms with Crippen LogP contribution in [0.4, 0.5) is 0 Å². The van der Waals surface area contributed by atoms with Crippen LogP contribution in [0.1, 0.15) is 30.7 Å². The van der Waals surface area contributed by atoms with E-state index >= 15 is 0 Å². The fourth-order valence-electron chi connectivity index (χ4n) is 2.20. The molecule has 1 aromatic carbocycles. The summed E-state index contributed by atoms with van der Waals surface area (Å²) in [6.07, 6.45) is 3.52. The van der Waals surface area contributed by atoms with E-state index < -0.39 is 0 Å². The lowest BCUT2D eigenvalue weighted by Crippen LogP contribution is -2.14. The van der Waals surface area contributed by atoms with E-state index in [1.54, 1.807) is 7.11 Å². The van der Waals surface area contributed by atoms with Crippen LogP contribution in [0.5, 0.6) is 5.75 Å². The van der Waals surface area contributed by atoms with Gasteiger partial charge in [0.25, 0.3) is 0 Å². The second-order valence-corrected chi connectivity index (χ2v) is 4.04. The SMILES string of the molecule is COc1ccc(C2CCC(N)C2)cc1.Cl. The van der Waals surface area contributed by atoms with E-state index in [1.807, 2.05) is 12.1 Å². The molecule has 2 rings (SSSR count). The molecule has 84 valence electrons. The summed E-state index contributed by atoms with van der Waals surface area (Å²) in [5.74, 6) is 1.59. The zero-order valence-electron chi connectivity index (χ0n) is 8.98. The molecule has 2 N–H and O–H groups in total. The average Bonchev–Trinajstić information content (AvgIpc) is 2.65. The molecule has 0 radical (unpaired) electrons. The molecule has 2 atom stereocenters. The first-order valence-corrected chi connectivity index (χ1v) is 5.19. The predicted molar refractivity (Wildman–Crippen MR) is 64.8 cm³/mol. The van der Waals surface area contributed by atoms with Gasteiger partial charge in [0.15, 0.2) is 0 Å². The molecule has 0 aliphatic heterocycles. The highest BCUT2D eigenvalue weighted by molar-refractivity contribution is 5.85. The zero-order chi connectivity index (χ0) is 9.97. The van der Waals surface area contributed by atoms with Gasteiger partial charge in [-0.25, -0.2) is 0 Å². The number of nitrogens with two attached hydrogens (primary N) is 1. The second kappa shape index (κ2) is 5.38. The Morgan fingerprint density at radius 2 is 1.87 bits per heavy atom. The van der Waals surface area contributed by atoms with Gasteiger partial charge >= 0.3 is 0 Å². The van der Waals surface area contributed by atoms with Crippen molar-refractivity contribution in [3.63, 3.8) is 0 Å². The number of halogens is 1. The molecule has 0 heterocycles. The highest BCUT2D eigenvalue weighted by Gasteiger charge is 2.22. The van der Waals surface area contributed by atoms with Crippen molar-refractivity contribution in [3.8, 4) is 5.75 Å². The topological polar surface area (TPSA) is 35.2 Å². The summed E-state index contributed by atoms with van der Waals surface area (Å²) in [6, 6.07) is 8.77. The summed E-state index contributed by atoms with van der Waals surface area (Å²) in [6.45, 7) is 0. The van der Waals surface area contributed by atoms with Gasteiger partial charge < -0.3 is 10.5 Å². The molecule has 0 amide bonds. The lowest BCUT2D eigenvalue weighted by molar-refractivity contribution is 0.414. The molecular formula is C12H18ClNO. The summed E-state index contributed by atoms with van der Waals surface area (Å²) >= 11 is 0. The fourth-order valence-corrected chi connectivity index (χ4v) is 2.20. The summed E-state index contributed by atoms with van der Waals surface area (Å²) in [5, 5.41) is 0. The summed E-state index contributed by atoms with van der Waals surface area (Å²) in [5.41, 5.74) is 7.30. The van der Waals surface area contributed by atoms with Gasteiger partial charge in [0.05, 0.1) is 7.11 Å². The van der Waals surface area contributed by atoms with Gasteiger partial charge in [0, 0.05) is 6.04 Å². The van der Waals surface area contributed by atoms with Gasteiger partial charge in [-0.3, -0.25) is 0 Å². The maximum absolute atomic E-state index is 5.89. The van der Waals surface area contributed by atoms with Crippen LogP contribution in [-0.2, 0) is 0 Å². The number of methoxy groups -OCH3 is 1. The Morgan fingerprint density at radius 1 is 1.20 bits per heavy atom. The fraction of sp³-hybridized carbons (Fsp3) is 0.500. The molecular weight excluding hydrogens is 210 g/mol. The third kappa shape index (κ3) is 2.86. The van der Waals surface area contributed by atoms with Gasteiger partial charge in [0.1, 0.15) is 5.75 Å². The lowest BCUT2D eigenvalue weighted by Gasteiger charge is -2.10. The van der Waals surface area contributed by atoms with Gasteiger partial charge in [-0.15, -0.1) is 12.4 Å². The Labute approximate surface area is 97.2 Å². The van der Waals surface area contributed by atoms with E-state index in [2.05, 4.69) is 12.1 Å². The van der Waals surface area contributed by atoms with E-state index in [4.69, 9.17) is 10.5 Å². The highest BCUT2D eigenvalue weighted by atomic mass is 35.5. The molecule has 1 aliphatic rings. The number of ether oxygens (including phenoxy) is 1. The zero-order valence-corrected chi connectivity index (χ0v) is 9.80. The standard InChI is InChI=1S/C12H17NO.ClH/c1-14-12-6-3-9(4-7-12)10-2-5-11(13)8-10;/h3-4,6-7,10-11H,2,5,8,13H2,1H3;1H. The predicted octanol–water partition coefficient (Wildman–Crippen LogP) is 2.71. The molecule has 2 unspecified atom stereocenters. The molecule has 0 saturated heterocycles. The van der Waals surface area contributed by atoms with E-state index in [0.717, 1.165) is 18.6 Å². The first-order chi connectivity index (χ1) is 6.79. The van der Waals surface area contributed by atoms with E-state index in [0.29, 0.717) is 12.0 Å². The van der Waals surface area contributed by atoms with Crippen LogP contribution < -0.4 is 10.5 Å². The van der Waals surface area contributed by atoms with Crippen LogP contribution >= 0.6 is 12.4 Å². The Morgan fingerprint density at radius 3 is 2.33 bits per heavy atom. The monoisotopic (exact) mass is 227 g/mol. The molecule has 0 aromatic heterocycles. The molecule has 1 fully saturated rings. The summed E-state index contributed by atoms with van der Waals surface area (Å²) < 4.78 is 5.13. The van der Waals surface area contributed by atoms with Crippen LogP contribution in [0, 0.1) is 0 Å². The minimum Gasteiger partial charge on any atom is -0.497 e. The number of benzene rings is 1. The van der Waals surface area contributed by atoms with Crippen LogP contribution in [0.2, 0.25) is 0 Å². The third-order valence-corrected chi connectivity index (χ3v) is 3.06. The molecule has 1 saturated carbocycles. The molecule has 1 aliphatic carbocycles. The van der Waals surface area contributed by atoms with Crippen molar-refractivity contribution in [3.05, 3.63) is 29.8 Å². The van der Waals surface area contributed by atoms with Gasteiger partial charge in [-0.1, -0.05) is 12.1 Å². The number of rotatable bonds is 2. The number of hydrogen-bond acceptors (Lipinski definition) is 2. The molecule has 15 heavy (non-hydrogen) atoms. The maximum Gasteiger partial charge on any atom is 0.118 e. The van der Waals surface area contributed by atoms with Gasteiger partial charge in [0.2, 0.25) is 0 Å². The lowest BCUT2D eigenvalue weighted by atomic mass is 9.97. The summed E-state index contributed by atoms with van der Waals surface area (Å²) in [4.78, 5) is 0. The normalized spacial score (nSPS) is 24.7. The average molecular weight is 228 g/mol. The third-order valence-electron chi connectivity index (χ3n) is 3.06. The minimum atomic E-state index is 0. The largest absolute Gasteiger partial charge is 0.497 e. The van der Waals surface area contributed by atoms with E-state index in [-0.39, 0.29) is 12.4 Å².